The van der Waals surface area contributed by atoms with Crippen LogP contribution in [0.3, 0.4) is 0 Å². The number of nitrogens with one attached hydrogen (secondary N) is 1. The number of hydrogen-bond donors (Lipinski definition) is 1. The minimum Gasteiger partial charge on any atom is -0.489 e. The molecule has 3 rings (SSSR count). The third kappa shape index (κ3) is 3.60. The Morgan fingerprint density at radius 2 is 2.05 bits per heavy atom. The van der Waals surface area contributed by atoms with Gasteiger partial charge in [-0.05, 0) is 80.7 Å². The van der Waals surface area contributed by atoms with E-state index in [1.807, 2.05) is 0 Å². The maximum absolute atomic E-state index is 6.40. The number of ether oxygens (including phenoxy) is 1. The lowest BCUT2D eigenvalue weighted by atomic mass is 9.85. The van der Waals surface area contributed by atoms with E-state index in [1.54, 1.807) is 0 Å². The molecule has 21 heavy (non-hydrogen) atoms. The summed E-state index contributed by atoms with van der Waals surface area (Å²) in [6.45, 7) is 5.69. The van der Waals surface area contributed by atoms with Gasteiger partial charge in [-0.1, -0.05) is 19.9 Å². The average Bonchev–Trinajstić information content (AvgIpc) is 2.94. The lowest BCUT2D eigenvalue weighted by molar-refractivity contribution is 0.0908. The van der Waals surface area contributed by atoms with Crippen molar-refractivity contribution in [2.75, 3.05) is 6.54 Å². The van der Waals surface area contributed by atoms with E-state index in [4.69, 9.17) is 4.74 Å². The van der Waals surface area contributed by atoms with Crippen LogP contribution in [0.2, 0.25) is 0 Å². The van der Waals surface area contributed by atoms with Crippen LogP contribution in [0.4, 0.5) is 0 Å². The van der Waals surface area contributed by atoms with Crippen LogP contribution in [0.5, 0.6) is 5.75 Å². The first-order valence-electron chi connectivity index (χ1n) is 8.78. The van der Waals surface area contributed by atoms with E-state index in [9.17, 15) is 0 Å². The molecule has 2 aliphatic rings. The van der Waals surface area contributed by atoms with Crippen molar-refractivity contribution in [3.63, 3.8) is 0 Å². The van der Waals surface area contributed by atoms with E-state index in [1.165, 1.54) is 56.1 Å². The molecule has 1 saturated carbocycles. The predicted octanol–water partition coefficient (Wildman–Crippen LogP) is 4.11. The fraction of sp³-hybridized carbons (Fsp3) is 0.684. The van der Waals surface area contributed by atoms with Crippen molar-refractivity contribution in [3.8, 4) is 5.75 Å². The average molecular weight is 287 g/mol. The molecule has 3 atom stereocenters. The summed E-state index contributed by atoms with van der Waals surface area (Å²) in [6.07, 6.45) is 9.06. The van der Waals surface area contributed by atoms with E-state index in [2.05, 4.69) is 37.4 Å². The molecule has 3 unspecified atom stereocenters. The quantitative estimate of drug-likeness (QED) is 0.880. The van der Waals surface area contributed by atoms with Crippen LogP contribution >= 0.6 is 0 Å². The Bertz CT molecular complexity index is 469. The summed E-state index contributed by atoms with van der Waals surface area (Å²) in [5.41, 5.74) is 3.04. The van der Waals surface area contributed by atoms with Crippen molar-refractivity contribution in [2.24, 2.45) is 5.92 Å². The molecule has 0 amide bonds. The molecule has 1 aromatic carbocycles. The van der Waals surface area contributed by atoms with Crippen molar-refractivity contribution < 1.29 is 4.74 Å². The molecular formula is C19H29NO. The van der Waals surface area contributed by atoms with Crippen molar-refractivity contribution in [2.45, 2.75) is 70.9 Å². The van der Waals surface area contributed by atoms with Gasteiger partial charge in [0.1, 0.15) is 11.9 Å². The molecular weight excluding hydrogens is 258 g/mol. The Morgan fingerprint density at radius 3 is 2.90 bits per heavy atom. The van der Waals surface area contributed by atoms with Crippen molar-refractivity contribution >= 4 is 0 Å². The zero-order valence-corrected chi connectivity index (χ0v) is 13.5. The normalized spacial score (nSPS) is 28.4. The Hall–Kier alpha value is -1.02. The third-order valence-corrected chi connectivity index (χ3v) is 5.07. The monoisotopic (exact) mass is 287 g/mol. The Kier molecular flexibility index (Phi) is 4.84. The molecule has 2 nitrogen and oxygen atoms in total. The minimum absolute atomic E-state index is 0.333. The zero-order chi connectivity index (χ0) is 14.7. The summed E-state index contributed by atoms with van der Waals surface area (Å²) in [6, 6.07) is 7.27. The molecule has 2 heteroatoms. The molecule has 0 saturated heterocycles. The molecule has 2 aliphatic carbocycles. The van der Waals surface area contributed by atoms with Gasteiger partial charge in [0.2, 0.25) is 0 Å². The fourth-order valence-electron chi connectivity index (χ4n) is 3.82. The van der Waals surface area contributed by atoms with Crippen LogP contribution in [0.1, 0.15) is 57.1 Å². The van der Waals surface area contributed by atoms with Crippen LogP contribution in [0, 0.1) is 5.92 Å². The second kappa shape index (κ2) is 6.83. The second-order valence-corrected chi connectivity index (χ2v) is 6.92. The lowest BCUT2D eigenvalue weighted by Gasteiger charge is -2.35. The molecule has 0 heterocycles. The van der Waals surface area contributed by atoms with Crippen LogP contribution in [-0.2, 0) is 12.8 Å². The van der Waals surface area contributed by atoms with E-state index in [-0.39, 0.29) is 0 Å². The van der Waals surface area contributed by atoms with Crippen LogP contribution < -0.4 is 10.1 Å². The number of fused-ring (bicyclic) bond motifs is 1. The van der Waals surface area contributed by atoms with Crippen molar-refractivity contribution in [1.82, 2.24) is 5.32 Å². The van der Waals surface area contributed by atoms with E-state index < -0.39 is 0 Å². The zero-order valence-electron chi connectivity index (χ0n) is 13.5. The Balaban J connectivity index is 1.68. The summed E-state index contributed by atoms with van der Waals surface area (Å²) in [5.74, 6) is 1.86. The number of hydrogen-bond acceptors (Lipinski definition) is 2. The Labute approximate surface area is 129 Å². The maximum Gasteiger partial charge on any atom is 0.120 e. The highest BCUT2D eigenvalue weighted by atomic mass is 16.5. The van der Waals surface area contributed by atoms with Crippen molar-refractivity contribution in [1.29, 1.82) is 0 Å². The highest BCUT2D eigenvalue weighted by Gasteiger charge is 2.30. The lowest BCUT2D eigenvalue weighted by Crippen LogP contribution is -2.47. The summed E-state index contributed by atoms with van der Waals surface area (Å²) in [5, 5.41) is 3.69. The first kappa shape index (κ1) is 14.9. The molecule has 1 fully saturated rings. The van der Waals surface area contributed by atoms with Gasteiger partial charge in [0.15, 0.2) is 0 Å². The molecule has 0 radical (unpaired) electrons. The second-order valence-electron chi connectivity index (χ2n) is 6.92. The van der Waals surface area contributed by atoms with Crippen LogP contribution in [0.25, 0.3) is 0 Å². The van der Waals surface area contributed by atoms with Gasteiger partial charge in [-0.3, -0.25) is 0 Å². The van der Waals surface area contributed by atoms with Gasteiger partial charge in [-0.25, -0.2) is 0 Å². The van der Waals surface area contributed by atoms with Gasteiger partial charge >= 0.3 is 0 Å². The van der Waals surface area contributed by atoms with Gasteiger partial charge < -0.3 is 10.1 Å². The standard InChI is InChI=1S/C19H29NO/c1-3-11-20-18-10-7-14(2)12-19(18)21-17-9-8-15-5-4-6-16(15)13-17/h8-9,13-14,18-20H,3-7,10-12H2,1-2H3. The fourth-order valence-corrected chi connectivity index (χ4v) is 3.82. The van der Waals surface area contributed by atoms with Gasteiger partial charge in [-0.15, -0.1) is 0 Å². The smallest absolute Gasteiger partial charge is 0.120 e. The van der Waals surface area contributed by atoms with Gasteiger partial charge in [0.05, 0.1) is 0 Å². The van der Waals surface area contributed by atoms with E-state index in [0.29, 0.717) is 12.1 Å². The van der Waals surface area contributed by atoms with Crippen molar-refractivity contribution in [3.05, 3.63) is 29.3 Å². The van der Waals surface area contributed by atoms with E-state index in [0.717, 1.165) is 18.2 Å². The van der Waals surface area contributed by atoms with Gasteiger partial charge in [0, 0.05) is 6.04 Å². The third-order valence-electron chi connectivity index (χ3n) is 5.07. The number of benzene rings is 1. The largest absolute Gasteiger partial charge is 0.489 e. The van der Waals surface area contributed by atoms with Crippen LogP contribution in [0.15, 0.2) is 18.2 Å². The predicted molar refractivity (Wildman–Crippen MR) is 88.0 cm³/mol. The molecule has 0 aliphatic heterocycles. The first-order chi connectivity index (χ1) is 10.3. The Morgan fingerprint density at radius 1 is 1.19 bits per heavy atom. The summed E-state index contributed by atoms with van der Waals surface area (Å²) in [4.78, 5) is 0. The van der Waals surface area contributed by atoms with Gasteiger partial charge in [-0.2, -0.15) is 0 Å². The summed E-state index contributed by atoms with van der Waals surface area (Å²) in [7, 11) is 0. The molecule has 0 aromatic heterocycles. The molecule has 1 N–H and O–H groups in total. The number of aryl methyl sites for hydroxylation is 2. The molecule has 0 bridgehead atoms. The van der Waals surface area contributed by atoms with E-state index >= 15 is 0 Å². The number of rotatable bonds is 5. The summed E-state index contributed by atoms with van der Waals surface area (Å²) >= 11 is 0. The highest BCUT2D eigenvalue weighted by molar-refractivity contribution is 5.38. The first-order valence-corrected chi connectivity index (χ1v) is 8.78. The van der Waals surface area contributed by atoms with Gasteiger partial charge in [0.25, 0.3) is 0 Å². The summed E-state index contributed by atoms with van der Waals surface area (Å²) < 4.78 is 6.40. The SMILES string of the molecule is CCCNC1CCC(C)CC1Oc1ccc2c(c1)CCC2. The molecule has 1 aromatic rings. The highest BCUT2D eigenvalue weighted by Crippen LogP contribution is 2.31. The molecule has 116 valence electrons. The maximum atomic E-state index is 6.40. The van der Waals surface area contributed by atoms with Crippen LogP contribution in [-0.4, -0.2) is 18.7 Å². The minimum atomic E-state index is 0.333. The topological polar surface area (TPSA) is 21.3 Å². The molecule has 0 spiro atoms.